The van der Waals surface area contributed by atoms with E-state index in [9.17, 15) is 83.6 Å². The molecule has 6 aromatic rings. The van der Waals surface area contributed by atoms with Gasteiger partial charge < -0.3 is 45.5 Å². The van der Waals surface area contributed by atoms with Crippen LogP contribution in [0.1, 0.15) is 131 Å². The minimum Gasteiger partial charge on any atom is -0.480 e. The molecule has 9 heterocycles. The third kappa shape index (κ3) is 22.1. The highest BCUT2D eigenvalue weighted by atomic mass is 79.9. The molecule has 39 heteroatoms. The number of halogens is 12. The lowest BCUT2D eigenvalue weighted by molar-refractivity contribution is -0.152. The van der Waals surface area contributed by atoms with E-state index in [0.717, 1.165) is 14.7 Å². The van der Waals surface area contributed by atoms with Gasteiger partial charge in [-0.3, -0.25) is 44.1 Å². The van der Waals surface area contributed by atoms with E-state index in [-0.39, 0.29) is 132 Å². The Bertz CT molecular complexity index is 4110. The van der Waals surface area contributed by atoms with Crippen LogP contribution in [-0.2, 0) is 43.0 Å². The van der Waals surface area contributed by atoms with Crippen molar-refractivity contribution >= 4 is 135 Å². The molecule has 600 valence electrons. The van der Waals surface area contributed by atoms with Crippen LogP contribution in [0.2, 0.25) is 0 Å². The fraction of sp³-hybridized carbons (Fsp3) is 0.417. The van der Waals surface area contributed by atoms with Crippen molar-refractivity contribution in [2.45, 2.75) is 136 Å². The van der Waals surface area contributed by atoms with Crippen LogP contribution in [0.4, 0.5) is 39.5 Å². The van der Waals surface area contributed by atoms with Gasteiger partial charge in [-0.15, -0.1) is 34.0 Å². The van der Waals surface area contributed by atoms with Crippen molar-refractivity contribution in [3.63, 3.8) is 0 Å². The summed E-state index contributed by atoms with van der Waals surface area (Å²) in [6.45, 7) is 1.68. The molecule has 3 aromatic carbocycles. The molecule has 12 rings (SSSR count). The summed E-state index contributed by atoms with van der Waals surface area (Å²) in [4.78, 5) is 105. The first-order valence-corrected chi connectivity index (χ1v) is 38.1. The van der Waals surface area contributed by atoms with Crippen LogP contribution in [0.5, 0.6) is 0 Å². The van der Waals surface area contributed by atoms with E-state index in [2.05, 4.69) is 93.7 Å². The minimum atomic E-state index is -3.09. The number of hydrogen-bond donors (Lipinski definition) is 6. The molecule has 6 aliphatic heterocycles. The number of likely N-dealkylation sites (tertiary alicyclic amines) is 3. The van der Waals surface area contributed by atoms with Crippen LogP contribution in [0, 0.1) is 17.5 Å². The second-order valence-electron chi connectivity index (χ2n) is 24.8. The Labute approximate surface area is 669 Å². The van der Waals surface area contributed by atoms with E-state index < -0.39 is 146 Å². The maximum Gasteiger partial charge on any atom is 0.338 e. The number of carboxylic acids is 3. The Kier molecular flexibility index (Phi) is 31.5. The van der Waals surface area contributed by atoms with Crippen LogP contribution in [0.25, 0.3) is 0 Å². The molecule has 6 N–H and O–H groups in total. The number of carbonyl (C=O) groups is 6. The van der Waals surface area contributed by atoms with E-state index in [1.165, 1.54) is 88.6 Å². The van der Waals surface area contributed by atoms with Gasteiger partial charge in [-0.1, -0.05) is 88.3 Å². The van der Waals surface area contributed by atoms with Crippen molar-refractivity contribution < 1.29 is 97.8 Å². The highest BCUT2D eigenvalue weighted by Crippen LogP contribution is 2.43. The predicted molar refractivity (Wildman–Crippen MR) is 409 cm³/mol. The first-order chi connectivity index (χ1) is 51.3. The molecule has 0 radical (unpaired) electrons. The SMILES string of the molecule is C.C.C.CCOC(=O)C1=C(CN2CC(F)(F)CC[C@@H]2C(=O)O)NC(c2nccs2)=N[C@H]1c1ccc(F)cc1Br.CCOC(=O)C1=C(CN2CC(F)(F)CC[C@H]2C(=O)O)NC(c2nccs2)=N[C@H]1c1ccc(F)cc1Br.CCOC(=O)C1=C(CN2CC(F)(F)CC[C@H]2C(=O)O)NC(c2nccs2)=N[C@H]1c1ccc(F)cc1Br. The number of aliphatic imine (C=N–C) groups is 3. The number of carboxylic acid groups (broad SMARTS) is 3. The Morgan fingerprint density at radius 2 is 0.712 bits per heavy atom. The average Bonchev–Trinajstić information content (AvgIpc) is 1.76. The van der Waals surface area contributed by atoms with Gasteiger partial charge in [0.05, 0.1) is 56.2 Å². The lowest BCUT2D eigenvalue weighted by atomic mass is 9.94. The first-order valence-electron chi connectivity index (χ1n) is 33.1. The first kappa shape index (κ1) is 89.9. The van der Waals surface area contributed by atoms with Crippen LogP contribution in [0.15, 0.2) is 152 Å². The molecule has 0 aliphatic carbocycles. The number of carbonyl (C=O) groups excluding carboxylic acids is 3. The number of nitrogens with one attached hydrogen (secondary N) is 3. The third-order valence-corrected chi connectivity index (χ3v) is 21.9. The Hall–Kier alpha value is -8.31. The smallest absolute Gasteiger partial charge is 0.338 e. The predicted octanol–water partition coefficient (Wildman–Crippen LogP) is 14.3. The van der Waals surface area contributed by atoms with Crippen LogP contribution in [0.3, 0.4) is 0 Å². The Balaban J connectivity index is 0.000000228. The normalized spacial score (nSPS) is 21.5. The number of rotatable bonds is 21. The zero-order valence-corrected chi connectivity index (χ0v) is 64.2. The van der Waals surface area contributed by atoms with Gasteiger partial charge in [0.1, 0.15) is 53.7 Å². The maximum absolute atomic E-state index is 14.3. The standard InChI is InChI=1S/3C23H22BrF3N4O4S.3CH4/c3*1-2-35-22(34)17-15(10-31-11-23(26,27)6-5-16(31)21(32)33)29-19(20-28-7-8-36-20)30-18(17)13-4-3-12(25)9-14(13)24;;;/h3*3-4,7-9,16,18H,2,5-6,10-11H2,1H3,(H,29,30)(H,32,33);3*1H4/t16-,18+;2*16-,18-;;;/m100.../s1. The van der Waals surface area contributed by atoms with Crippen molar-refractivity contribution in [2.75, 3.05) is 59.1 Å². The molecule has 3 aromatic heterocycles. The van der Waals surface area contributed by atoms with Gasteiger partial charge in [-0.05, 0) is 93.1 Å². The molecule has 3 saturated heterocycles. The fourth-order valence-electron chi connectivity index (χ4n) is 12.7. The summed E-state index contributed by atoms with van der Waals surface area (Å²) in [7, 11) is 0. The van der Waals surface area contributed by atoms with Crippen molar-refractivity contribution in [3.8, 4) is 0 Å². The summed E-state index contributed by atoms with van der Waals surface area (Å²) in [5, 5.41) is 44.6. The molecule has 0 unspecified atom stereocenters. The zero-order chi connectivity index (χ0) is 78.1. The summed E-state index contributed by atoms with van der Waals surface area (Å²) in [5.41, 5.74) is 1.85. The van der Waals surface area contributed by atoms with Crippen molar-refractivity contribution in [2.24, 2.45) is 15.0 Å². The molecule has 111 heavy (non-hydrogen) atoms. The van der Waals surface area contributed by atoms with Gasteiger partial charge in [0, 0.05) is 104 Å². The summed E-state index contributed by atoms with van der Waals surface area (Å²) in [6.07, 6.45) is 2.30. The third-order valence-electron chi connectivity index (χ3n) is 17.5. The number of ether oxygens (including phenoxy) is 3. The van der Waals surface area contributed by atoms with Gasteiger partial charge in [-0.25, -0.2) is 68.8 Å². The lowest BCUT2D eigenvalue weighted by Gasteiger charge is -2.39. The number of benzene rings is 3. The fourth-order valence-corrected chi connectivity index (χ4v) is 16.2. The zero-order valence-electron chi connectivity index (χ0n) is 57.0. The highest BCUT2D eigenvalue weighted by molar-refractivity contribution is 9.11. The summed E-state index contributed by atoms with van der Waals surface area (Å²) in [6, 6.07) is 5.23. The van der Waals surface area contributed by atoms with E-state index >= 15 is 0 Å². The number of hydrogen-bond acceptors (Lipinski definition) is 24. The largest absolute Gasteiger partial charge is 0.480 e. The molecule has 0 spiro atoms. The number of alkyl halides is 6. The number of amidine groups is 3. The molecular formula is C72H78Br3F9N12O12S3. The molecule has 0 bridgehead atoms. The van der Waals surface area contributed by atoms with Crippen molar-refractivity contribution in [3.05, 3.63) is 186 Å². The van der Waals surface area contributed by atoms with E-state index in [0.29, 0.717) is 45.1 Å². The summed E-state index contributed by atoms with van der Waals surface area (Å²) in [5.74, 6) is -15.9. The summed E-state index contributed by atoms with van der Waals surface area (Å²) < 4.78 is 144. The molecule has 6 aliphatic rings. The van der Waals surface area contributed by atoms with E-state index in [1.54, 1.807) is 55.5 Å². The number of aromatic nitrogens is 3. The van der Waals surface area contributed by atoms with Crippen molar-refractivity contribution in [1.29, 1.82) is 0 Å². The molecule has 0 saturated carbocycles. The van der Waals surface area contributed by atoms with Gasteiger partial charge in [0.25, 0.3) is 17.8 Å². The van der Waals surface area contributed by atoms with E-state index in [1.807, 2.05) is 0 Å². The Morgan fingerprint density at radius 1 is 0.459 bits per heavy atom. The molecule has 6 atom stereocenters. The number of aliphatic carboxylic acids is 3. The monoisotopic (exact) mass is 1810 g/mol. The number of nitrogens with zero attached hydrogens (tertiary/aromatic N) is 9. The van der Waals surface area contributed by atoms with Gasteiger partial charge in [-0.2, -0.15) is 0 Å². The maximum atomic E-state index is 14.3. The summed E-state index contributed by atoms with van der Waals surface area (Å²) >= 11 is 13.8. The molecule has 3 fully saturated rings. The van der Waals surface area contributed by atoms with Gasteiger partial charge in [0.15, 0.2) is 32.5 Å². The van der Waals surface area contributed by atoms with Crippen LogP contribution in [-0.4, -0.2) is 193 Å². The molecular weight excluding hydrogens is 1730 g/mol. The molecule has 24 nitrogen and oxygen atoms in total. The number of esters is 3. The second-order valence-corrected chi connectivity index (χ2v) is 30.1. The van der Waals surface area contributed by atoms with Gasteiger partial charge >= 0.3 is 35.8 Å². The topological polar surface area (TPSA) is 312 Å². The minimum absolute atomic E-state index is 0. The quantitative estimate of drug-likeness (QED) is 0.0222. The van der Waals surface area contributed by atoms with Crippen LogP contribution < -0.4 is 16.0 Å². The average molecular weight is 1810 g/mol. The Morgan fingerprint density at radius 3 is 0.919 bits per heavy atom. The second kappa shape index (κ2) is 39.0. The highest BCUT2D eigenvalue weighted by Gasteiger charge is 2.48. The van der Waals surface area contributed by atoms with Crippen molar-refractivity contribution in [1.82, 2.24) is 45.6 Å². The number of piperidine rings is 3. The van der Waals surface area contributed by atoms with E-state index in [4.69, 9.17) is 14.2 Å². The lowest BCUT2D eigenvalue weighted by Crippen LogP contribution is -2.54. The van der Waals surface area contributed by atoms with Gasteiger partial charge in [0.2, 0.25) is 0 Å². The number of thiazole rings is 3. The molecule has 0 amide bonds. The van der Waals surface area contributed by atoms with Crippen LogP contribution >= 0.6 is 81.8 Å².